The topological polar surface area (TPSA) is 81.7 Å². The number of hydrogen-bond donors (Lipinski definition) is 0. The first-order chi connectivity index (χ1) is 17.0. The first kappa shape index (κ1) is 24.0. The zero-order valence-corrected chi connectivity index (χ0v) is 20.1. The largest absolute Gasteiger partial charge is 0.286 e. The first-order valence-electron chi connectivity index (χ1n) is 10.7. The van der Waals surface area contributed by atoms with Gasteiger partial charge in [0.25, 0.3) is 0 Å². The highest BCUT2D eigenvalue weighted by molar-refractivity contribution is 8.15. The van der Waals surface area contributed by atoms with E-state index in [-0.39, 0.29) is 16.7 Å². The fourth-order valence-corrected chi connectivity index (χ4v) is 4.93. The molecule has 0 aliphatic rings. The van der Waals surface area contributed by atoms with E-state index in [1.54, 1.807) is 24.3 Å². The van der Waals surface area contributed by atoms with E-state index in [9.17, 15) is 9.59 Å². The third kappa shape index (κ3) is 6.49. The van der Waals surface area contributed by atoms with Gasteiger partial charge in [-0.1, -0.05) is 72.1 Å². The van der Waals surface area contributed by atoms with Crippen molar-refractivity contribution in [3.8, 4) is 34.4 Å². The summed E-state index contributed by atoms with van der Waals surface area (Å²) in [5.41, 5.74) is 5.17. The summed E-state index contributed by atoms with van der Waals surface area (Å²) in [5.74, 6) is 0. The maximum Gasteiger partial charge on any atom is 0.201 e. The van der Waals surface area contributed by atoms with E-state index in [1.807, 2.05) is 72.8 Å². The van der Waals surface area contributed by atoms with Gasteiger partial charge in [0.2, 0.25) is 10.2 Å². The van der Waals surface area contributed by atoms with E-state index in [2.05, 4.69) is 12.1 Å². The molecule has 0 unspecified atom stereocenters. The van der Waals surface area contributed by atoms with Crippen LogP contribution in [0.5, 0.6) is 0 Å². The van der Waals surface area contributed by atoms with E-state index in [0.717, 1.165) is 55.6 Å². The van der Waals surface area contributed by atoms with Crippen LogP contribution in [0, 0.1) is 22.7 Å². The lowest BCUT2D eigenvalue weighted by Crippen LogP contribution is -2.00. The van der Waals surface area contributed by atoms with Crippen LogP contribution in [-0.4, -0.2) is 10.2 Å². The van der Waals surface area contributed by atoms with Crippen molar-refractivity contribution in [3.63, 3.8) is 0 Å². The molecule has 0 fully saturated rings. The fourth-order valence-electron chi connectivity index (χ4n) is 3.36. The first-order valence-corrected chi connectivity index (χ1v) is 12.3. The summed E-state index contributed by atoms with van der Waals surface area (Å²) in [6, 6.07) is 33.9. The van der Waals surface area contributed by atoms with E-state index >= 15 is 0 Å². The molecule has 4 nitrogen and oxygen atoms in total. The van der Waals surface area contributed by atoms with Crippen molar-refractivity contribution in [2.24, 2.45) is 0 Å². The van der Waals surface area contributed by atoms with Crippen LogP contribution in [0.2, 0.25) is 0 Å². The highest BCUT2D eigenvalue weighted by Crippen LogP contribution is 2.29. The van der Waals surface area contributed by atoms with Gasteiger partial charge < -0.3 is 0 Å². The van der Waals surface area contributed by atoms with Gasteiger partial charge >= 0.3 is 0 Å². The smallest absolute Gasteiger partial charge is 0.201 e. The molecule has 0 atom stereocenters. The Labute approximate surface area is 212 Å². The van der Waals surface area contributed by atoms with Gasteiger partial charge in [0.1, 0.15) is 0 Å². The Kier molecular flexibility index (Phi) is 7.80. The minimum absolute atomic E-state index is 0.163. The Morgan fingerprint density at radius 2 is 0.800 bits per heavy atom. The van der Waals surface area contributed by atoms with Gasteiger partial charge in [-0.3, -0.25) is 9.59 Å². The molecule has 35 heavy (non-hydrogen) atoms. The van der Waals surface area contributed by atoms with E-state index in [0.29, 0.717) is 11.1 Å². The molecule has 0 saturated carbocycles. The van der Waals surface area contributed by atoms with E-state index in [1.165, 1.54) is 0 Å². The zero-order chi connectivity index (χ0) is 24.6. The van der Waals surface area contributed by atoms with Gasteiger partial charge in [-0.15, -0.1) is 0 Å². The molecule has 0 aliphatic carbocycles. The van der Waals surface area contributed by atoms with Gasteiger partial charge in [0.15, 0.2) is 0 Å². The van der Waals surface area contributed by atoms with Crippen molar-refractivity contribution in [1.82, 2.24) is 0 Å². The number of carbonyl (C=O) groups excluding carboxylic acids is 2. The highest BCUT2D eigenvalue weighted by Gasteiger charge is 2.13. The Morgan fingerprint density at radius 1 is 0.514 bits per heavy atom. The van der Waals surface area contributed by atoms with Gasteiger partial charge in [-0.2, -0.15) is 10.5 Å². The molecule has 0 amide bonds. The molecule has 0 radical (unpaired) electrons. The monoisotopic (exact) mass is 490 g/mol. The van der Waals surface area contributed by atoms with Crippen molar-refractivity contribution >= 4 is 33.8 Å². The molecule has 0 N–H and O–H groups in total. The summed E-state index contributed by atoms with van der Waals surface area (Å²) < 4.78 is 0. The van der Waals surface area contributed by atoms with Crippen LogP contribution in [0.4, 0.5) is 0 Å². The number of nitrogens with zero attached hydrogens (tertiary/aromatic N) is 2. The Hall–Kier alpha value is -4.10. The molecule has 0 aliphatic heterocycles. The van der Waals surface area contributed by atoms with Gasteiger partial charge in [-0.25, -0.2) is 0 Å². The lowest BCUT2D eigenvalue weighted by molar-refractivity contribution is -0.117. The predicted octanol–water partition coefficient (Wildman–Crippen LogP) is 7.09. The van der Waals surface area contributed by atoms with E-state index < -0.39 is 0 Å². The fraction of sp³-hybridized carbons (Fsp3) is 0.0345. The molecule has 0 heterocycles. The number of benzene rings is 4. The molecular weight excluding hydrogens is 472 g/mol. The van der Waals surface area contributed by atoms with Crippen LogP contribution in [0.1, 0.15) is 17.5 Å². The third-order valence-electron chi connectivity index (χ3n) is 5.16. The summed E-state index contributed by atoms with van der Waals surface area (Å²) in [5, 5.41) is 17.4. The highest BCUT2D eigenvalue weighted by atomic mass is 32.2. The molecule has 4 rings (SSSR count). The summed E-state index contributed by atoms with van der Waals surface area (Å²) >= 11 is 2.11. The maximum absolute atomic E-state index is 12.4. The molecule has 6 heteroatoms. The second-order valence-electron chi connectivity index (χ2n) is 7.55. The van der Waals surface area contributed by atoms with Crippen molar-refractivity contribution < 1.29 is 9.59 Å². The van der Waals surface area contributed by atoms with Crippen molar-refractivity contribution in [2.75, 3.05) is 0 Å². The van der Waals surface area contributed by atoms with Crippen molar-refractivity contribution in [3.05, 3.63) is 108 Å². The summed E-state index contributed by atoms with van der Waals surface area (Å²) in [4.78, 5) is 26.4. The molecule has 0 aromatic heterocycles. The van der Waals surface area contributed by atoms with Crippen LogP contribution >= 0.6 is 23.5 Å². The minimum atomic E-state index is -0.206. The minimum Gasteiger partial charge on any atom is -0.286 e. The molecule has 4 aromatic rings. The molecule has 4 aromatic carbocycles. The van der Waals surface area contributed by atoms with Crippen molar-refractivity contribution in [2.45, 2.75) is 16.2 Å². The SMILES string of the molecule is N#Cc1ccc(-c2ccc(SC(=O)CC(=O)Sc3ccc(-c4ccc(C#N)cc4)cc3)cc2)cc1. The molecule has 0 saturated heterocycles. The lowest BCUT2D eigenvalue weighted by atomic mass is 10.0. The summed E-state index contributed by atoms with van der Waals surface area (Å²) in [6.07, 6.45) is -0.163. The quantitative estimate of drug-likeness (QED) is 0.212. The zero-order valence-electron chi connectivity index (χ0n) is 18.5. The lowest BCUT2D eigenvalue weighted by Gasteiger charge is -2.05. The summed E-state index contributed by atoms with van der Waals surface area (Å²) in [6.45, 7) is 0. The third-order valence-corrected chi connectivity index (χ3v) is 6.92. The van der Waals surface area contributed by atoms with Crippen LogP contribution < -0.4 is 0 Å². The second kappa shape index (κ2) is 11.4. The van der Waals surface area contributed by atoms with Crippen LogP contribution in [0.25, 0.3) is 22.3 Å². The average molecular weight is 491 g/mol. The normalized spacial score (nSPS) is 10.2. The van der Waals surface area contributed by atoms with Crippen LogP contribution in [0.3, 0.4) is 0 Å². The van der Waals surface area contributed by atoms with E-state index in [4.69, 9.17) is 10.5 Å². The number of nitriles is 2. The molecule has 168 valence electrons. The Balaban J connectivity index is 1.30. The Bertz CT molecular complexity index is 1320. The molecular formula is C29H18N2O2S2. The Morgan fingerprint density at radius 3 is 1.09 bits per heavy atom. The maximum atomic E-state index is 12.4. The number of rotatable bonds is 6. The van der Waals surface area contributed by atoms with Crippen LogP contribution in [0.15, 0.2) is 107 Å². The van der Waals surface area contributed by atoms with Crippen molar-refractivity contribution in [1.29, 1.82) is 10.5 Å². The molecule has 0 bridgehead atoms. The summed E-state index contributed by atoms with van der Waals surface area (Å²) in [7, 11) is 0. The predicted molar refractivity (Wildman–Crippen MR) is 140 cm³/mol. The average Bonchev–Trinajstić information content (AvgIpc) is 2.89. The van der Waals surface area contributed by atoms with Gasteiger partial charge in [0.05, 0.1) is 29.7 Å². The standard InChI is InChI=1S/C29H18N2O2S2/c30-18-20-1-5-22(6-2-20)24-9-13-26(14-10-24)34-28(32)17-29(33)35-27-15-11-25(12-16-27)23-7-3-21(19-31)4-8-23/h1-16H,17H2. The number of thioether (sulfide) groups is 2. The molecule has 0 spiro atoms. The van der Waals surface area contributed by atoms with Crippen LogP contribution in [-0.2, 0) is 9.59 Å². The van der Waals surface area contributed by atoms with Gasteiger partial charge in [0, 0.05) is 9.79 Å². The van der Waals surface area contributed by atoms with Gasteiger partial charge in [-0.05, 0) is 70.8 Å². The number of hydrogen-bond acceptors (Lipinski definition) is 6. The second-order valence-corrected chi connectivity index (χ2v) is 9.81. The number of carbonyl (C=O) groups is 2.